The highest BCUT2D eigenvalue weighted by Gasteiger charge is 2.16. The quantitative estimate of drug-likeness (QED) is 0.0373. The Bertz CT molecular complexity index is 1660. The molecule has 0 bridgehead atoms. The topological polar surface area (TPSA) is 72.8 Å². The van der Waals surface area contributed by atoms with E-state index in [9.17, 15) is 14.7 Å². The Kier molecular flexibility index (Phi) is 73.8. The minimum atomic E-state index is -0.780. The molecule has 1 N–H and O–H groups in total. The van der Waals surface area contributed by atoms with Crippen molar-refractivity contribution in [2.45, 2.75) is 386 Å². The molecule has 1 atom stereocenters. The first kappa shape index (κ1) is 83.6. The zero-order valence-corrected chi connectivity index (χ0v) is 57.8. The molecular formula is C82H144O5. The summed E-state index contributed by atoms with van der Waals surface area (Å²) in [5.41, 5.74) is 0. The van der Waals surface area contributed by atoms with Crippen LogP contribution in [-0.2, 0) is 19.1 Å². The van der Waals surface area contributed by atoms with Crippen LogP contribution in [0.4, 0.5) is 0 Å². The van der Waals surface area contributed by atoms with Gasteiger partial charge in [0.05, 0.1) is 6.61 Å². The van der Waals surface area contributed by atoms with Gasteiger partial charge in [-0.25, -0.2) is 0 Å². The molecule has 0 aliphatic heterocycles. The molecule has 0 spiro atoms. The zero-order valence-electron chi connectivity index (χ0n) is 57.8. The number of rotatable bonds is 70. The lowest BCUT2D eigenvalue weighted by Crippen LogP contribution is -2.28. The van der Waals surface area contributed by atoms with Crippen molar-refractivity contribution in [3.63, 3.8) is 0 Å². The maximum absolute atomic E-state index is 12.4. The maximum atomic E-state index is 12.4. The molecule has 1 unspecified atom stereocenters. The summed E-state index contributed by atoms with van der Waals surface area (Å²) in [4.78, 5) is 24.7. The van der Waals surface area contributed by atoms with Crippen molar-refractivity contribution < 1.29 is 24.2 Å². The minimum Gasteiger partial charge on any atom is -0.462 e. The number of esters is 2. The van der Waals surface area contributed by atoms with Crippen LogP contribution in [0.5, 0.6) is 0 Å². The van der Waals surface area contributed by atoms with Gasteiger partial charge in [0.25, 0.3) is 0 Å². The third-order valence-corrected chi connectivity index (χ3v) is 16.8. The number of hydrogen-bond donors (Lipinski definition) is 1. The van der Waals surface area contributed by atoms with Crippen molar-refractivity contribution >= 4 is 11.9 Å². The molecule has 0 aliphatic rings. The molecule has 0 saturated carbocycles. The second-order valence-electron chi connectivity index (χ2n) is 25.4. The van der Waals surface area contributed by atoms with Gasteiger partial charge >= 0.3 is 11.9 Å². The number of unbranched alkanes of at least 4 members (excludes halogenated alkanes) is 44. The van der Waals surface area contributed by atoms with E-state index in [1.165, 1.54) is 257 Å². The van der Waals surface area contributed by atoms with E-state index < -0.39 is 6.10 Å². The number of aliphatic hydroxyl groups is 1. The van der Waals surface area contributed by atoms with Gasteiger partial charge in [-0.15, -0.1) is 0 Å². The summed E-state index contributed by atoms with van der Waals surface area (Å²) in [7, 11) is 0. The molecule has 0 radical (unpaired) electrons. The van der Waals surface area contributed by atoms with E-state index in [1.54, 1.807) is 0 Å². The fraction of sp³-hybridized carbons (Fsp3) is 0.756. The van der Waals surface area contributed by atoms with Crippen molar-refractivity contribution in [1.82, 2.24) is 0 Å². The molecule has 0 amide bonds. The van der Waals surface area contributed by atoms with Crippen molar-refractivity contribution in [3.8, 4) is 0 Å². The summed E-state index contributed by atoms with van der Waals surface area (Å²) in [6, 6.07) is 0. The lowest BCUT2D eigenvalue weighted by Gasteiger charge is -2.15. The molecule has 0 aromatic heterocycles. The van der Waals surface area contributed by atoms with Gasteiger partial charge in [-0.2, -0.15) is 0 Å². The van der Waals surface area contributed by atoms with Gasteiger partial charge in [0.1, 0.15) is 6.61 Å². The number of carbonyl (C=O) groups excluding carboxylic acids is 2. The first-order valence-electron chi connectivity index (χ1n) is 37.9. The van der Waals surface area contributed by atoms with Crippen molar-refractivity contribution in [2.75, 3.05) is 13.2 Å². The Morgan fingerprint density at radius 1 is 0.276 bits per heavy atom. The third-order valence-electron chi connectivity index (χ3n) is 16.8. The fourth-order valence-electron chi connectivity index (χ4n) is 11.2. The second kappa shape index (κ2) is 76.8. The van der Waals surface area contributed by atoms with Gasteiger partial charge in [-0.05, 0) is 83.5 Å². The monoisotopic (exact) mass is 1210 g/mol. The number of allylic oxidation sites excluding steroid dienone is 18. The molecule has 0 rings (SSSR count). The first-order chi connectivity index (χ1) is 43.1. The molecule has 0 saturated heterocycles. The summed E-state index contributed by atoms with van der Waals surface area (Å²) < 4.78 is 10.8. The van der Waals surface area contributed by atoms with Crippen LogP contribution >= 0.6 is 0 Å². The van der Waals surface area contributed by atoms with E-state index in [2.05, 4.69) is 123 Å². The normalized spacial score (nSPS) is 12.8. The lowest BCUT2D eigenvalue weighted by atomic mass is 10.0. The number of ether oxygens (including phenoxy) is 2. The summed E-state index contributed by atoms with van der Waals surface area (Å²) >= 11 is 0. The Morgan fingerprint density at radius 3 is 0.747 bits per heavy atom. The summed E-state index contributed by atoms with van der Waals surface area (Å²) in [5, 5.41) is 9.72. The van der Waals surface area contributed by atoms with Crippen molar-refractivity contribution in [1.29, 1.82) is 0 Å². The van der Waals surface area contributed by atoms with Crippen LogP contribution in [0.25, 0.3) is 0 Å². The molecule has 0 aliphatic carbocycles. The van der Waals surface area contributed by atoms with Crippen LogP contribution in [0.15, 0.2) is 109 Å². The Balaban J connectivity index is 3.47. The second-order valence-corrected chi connectivity index (χ2v) is 25.4. The van der Waals surface area contributed by atoms with Crippen molar-refractivity contribution in [3.05, 3.63) is 109 Å². The molecule has 5 heteroatoms. The molecule has 0 heterocycles. The molecule has 0 fully saturated rings. The largest absolute Gasteiger partial charge is 0.462 e. The van der Waals surface area contributed by atoms with Crippen LogP contribution < -0.4 is 0 Å². The molecule has 502 valence electrons. The van der Waals surface area contributed by atoms with Gasteiger partial charge in [0.15, 0.2) is 6.10 Å². The molecular weight excluding hydrogens is 1060 g/mol. The predicted octanol–water partition coefficient (Wildman–Crippen LogP) is 26.7. The fourth-order valence-corrected chi connectivity index (χ4v) is 11.2. The highest BCUT2D eigenvalue weighted by atomic mass is 16.6. The molecule has 0 aromatic rings. The number of carbonyl (C=O) groups is 2. The van der Waals surface area contributed by atoms with Crippen LogP contribution in [0, 0.1) is 0 Å². The summed E-state index contributed by atoms with van der Waals surface area (Å²) in [6.07, 6.45) is 111. The standard InChI is InChI=1S/C82H144O5/c1-3-5-7-9-11-13-15-17-19-21-23-25-27-29-31-33-35-37-39-40-41-42-43-45-47-49-51-53-55-57-59-61-63-65-67-69-71-73-75-77-82(85)87-80(78-83)79-86-81(84)76-74-72-70-68-66-64-62-60-58-56-54-52-50-48-46-44-38-36-34-32-30-28-26-24-22-20-18-16-14-12-10-8-6-4-2/h5,7,11,13,17,19,23,25,29,31,35,37,40-41,43,45,49,51,80,83H,3-4,6,8-10,12,14-16,18,20-22,24,26-28,30,32-34,36,38-39,42,44,46-48,50,52-79H2,1-2H3/b7-5-,13-11-,19-17-,25-23-,31-29-,37-35-,41-40-,45-43-,51-49-. The molecule has 5 nitrogen and oxygen atoms in total. The van der Waals surface area contributed by atoms with Crippen LogP contribution in [-0.4, -0.2) is 36.4 Å². The maximum Gasteiger partial charge on any atom is 0.306 e. The zero-order chi connectivity index (χ0) is 62.6. The predicted molar refractivity (Wildman–Crippen MR) is 385 cm³/mol. The van der Waals surface area contributed by atoms with Crippen molar-refractivity contribution in [2.24, 2.45) is 0 Å². The number of aliphatic hydroxyl groups excluding tert-OH is 1. The smallest absolute Gasteiger partial charge is 0.306 e. The van der Waals surface area contributed by atoms with E-state index in [0.717, 1.165) is 96.3 Å². The third kappa shape index (κ3) is 74.9. The van der Waals surface area contributed by atoms with E-state index in [1.807, 2.05) is 0 Å². The average Bonchev–Trinajstić information content (AvgIpc) is 3.52. The summed E-state index contributed by atoms with van der Waals surface area (Å²) in [6.45, 7) is 4.07. The van der Waals surface area contributed by atoms with E-state index in [-0.39, 0.29) is 25.2 Å². The van der Waals surface area contributed by atoms with E-state index >= 15 is 0 Å². The minimum absolute atomic E-state index is 0.0671. The lowest BCUT2D eigenvalue weighted by molar-refractivity contribution is -0.161. The molecule has 0 aromatic carbocycles. The molecule has 87 heavy (non-hydrogen) atoms. The highest BCUT2D eigenvalue weighted by Crippen LogP contribution is 2.19. The Morgan fingerprint density at radius 2 is 0.494 bits per heavy atom. The number of hydrogen-bond acceptors (Lipinski definition) is 5. The average molecular weight is 1210 g/mol. The Hall–Kier alpha value is -3.44. The van der Waals surface area contributed by atoms with Crippen LogP contribution in [0.1, 0.15) is 380 Å². The van der Waals surface area contributed by atoms with Gasteiger partial charge < -0.3 is 14.6 Å². The van der Waals surface area contributed by atoms with Gasteiger partial charge in [-0.1, -0.05) is 393 Å². The van der Waals surface area contributed by atoms with E-state index in [0.29, 0.717) is 12.8 Å². The highest BCUT2D eigenvalue weighted by molar-refractivity contribution is 5.70. The van der Waals surface area contributed by atoms with Gasteiger partial charge in [-0.3, -0.25) is 9.59 Å². The van der Waals surface area contributed by atoms with E-state index in [4.69, 9.17) is 9.47 Å². The summed E-state index contributed by atoms with van der Waals surface area (Å²) in [5.74, 6) is -0.581. The van der Waals surface area contributed by atoms with Gasteiger partial charge in [0.2, 0.25) is 0 Å². The van der Waals surface area contributed by atoms with Gasteiger partial charge in [0, 0.05) is 12.8 Å². The van der Waals surface area contributed by atoms with Crippen LogP contribution in [0.3, 0.4) is 0 Å². The van der Waals surface area contributed by atoms with Crippen LogP contribution in [0.2, 0.25) is 0 Å². The first-order valence-corrected chi connectivity index (χ1v) is 37.9. The SMILES string of the molecule is CC/C=C\C/C=C\C/C=C\C/C=C\C/C=C\C/C=C\C/C=C\C/C=C\C/C=C\CCCCCCCCCCCCCC(=O)OC(CO)COC(=O)CCCCCCCCCCCCCCCCCCCCCCCCCCCCCCCCCCCC. The Labute approximate surface area is 541 Å².